The van der Waals surface area contributed by atoms with Crippen molar-refractivity contribution in [2.45, 2.75) is 25.1 Å². The van der Waals surface area contributed by atoms with Gasteiger partial charge in [0, 0.05) is 0 Å². The molecule has 0 aromatic rings. The summed E-state index contributed by atoms with van der Waals surface area (Å²) in [5.41, 5.74) is 0. The van der Waals surface area contributed by atoms with Crippen molar-refractivity contribution < 1.29 is 0 Å². The molecule has 0 aliphatic carbocycles. The average molecular weight is 159 g/mol. The van der Waals surface area contributed by atoms with Crippen molar-refractivity contribution in [1.82, 2.24) is 0 Å². The number of hydrogen-bond acceptors (Lipinski definition) is 0. The molecule has 0 heterocycles. The van der Waals surface area contributed by atoms with E-state index in [4.69, 9.17) is 0 Å². The van der Waals surface area contributed by atoms with Gasteiger partial charge in [0.25, 0.3) is 0 Å². The van der Waals surface area contributed by atoms with Crippen LogP contribution in [0.5, 0.6) is 0 Å². The van der Waals surface area contributed by atoms with Gasteiger partial charge in [0.05, 0.1) is 0 Å². The summed E-state index contributed by atoms with van der Waals surface area (Å²) in [6.07, 6.45) is 2.87. The van der Waals surface area contributed by atoms with Crippen molar-refractivity contribution in [3.05, 3.63) is 0 Å². The van der Waals surface area contributed by atoms with E-state index < -0.39 is 0 Å². The Bertz CT molecular complexity index is 19.5. The van der Waals surface area contributed by atoms with Gasteiger partial charge in [0.1, 0.15) is 0 Å². The van der Waals surface area contributed by atoms with Crippen molar-refractivity contribution in [2.75, 3.05) is 0 Å². The minimum atomic E-state index is 1.07. The maximum atomic E-state index is 2.26. The molecule has 32 valence electrons. The molecule has 0 atom stereocenters. The second kappa shape index (κ2) is 6.52. The predicted octanol–water partition coefficient (Wildman–Crippen LogP) is 0.992. The molecule has 6 heavy (non-hydrogen) atoms. The van der Waals surface area contributed by atoms with Crippen molar-refractivity contribution in [1.29, 1.82) is 0 Å². The summed E-state index contributed by atoms with van der Waals surface area (Å²) >= 11 is 1.47. The van der Waals surface area contributed by atoms with Gasteiger partial charge in [-0.25, -0.2) is 0 Å². The van der Waals surface area contributed by atoms with Gasteiger partial charge < -0.3 is 0 Å². The first-order chi connectivity index (χ1) is 2.91. The third kappa shape index (κ3) is 5.52. The fraction of sp³-hybridized carbons (Fsp3) is 1.00. The molecule has 0 aliphatic rings. The van der Waals surface area contributed by atoms with Crippen LogP contribution in [-0.2, 0) is 0 Å². The third-order valence-electron chi connectivity index (χ3n) is 0.702. The van der Waals surface area contributed by atoms with E-state index in [0.717, 1.165) is 10.5 Å². The zero-order chi connectivity index (χ0) is 4.83. The van der Waals surface area contributed by atoms with Crippen molar-refractivity contribution in [3.63, 3.8) is 0 Å². The van der Waals surface area contributed by atoms with Gasteiger partial charge in [-0.1, -0.05) is 0 Å². The molecule has 0 bridgehead atoms. The fourth-order valence-corrected chi connectivity index (χ4v) is 3.00. The Morgan fingerprint density at radius 1 is 1.67 bits per heavy atom. The monoisotopic (exact) mass is 160 g/mol. The molecule has 0 amide bonds. The quantitative estimate of drug-likeness (QED) is 0.425. The van der Waals surface area contributed by atoms with E-state index in [0.29, 0.717) is 0 Å². The van der Waals surface area contributed by atoms with Crippen LogP contribution in [0.15, 0.2) is 0 Å². The second-order valence-corrected chi connectivity index (χ2v) is 6.41. The van der Waals surface area contributed by atoms with Crippen LogP contribution < -0.4 is 0 Å². The summed E-state index contributed by atoms with van der Waals surface area (Å²) in [5.74, 6) is 0. The molecule has 0 saturated carbocycles. The molecule has 2 heteroatoms. The van der Waals surface area contributed by atoms with Crippen LogP contribution >= 0.6 is 0 Å². The van der Waals surface area contributed by atoms with Crippen molar-refractivity contribution >= 4 is 35.9 Å². The standard InChI is InChI=1S/C4H10Se.Na/c1-2-3-4-5;/h5H,2-4H2,1H3;/q;+1/p-1. The molecule has 0 aliphatic heterocycles. The van der Waals surface area contributed by atoms with Crippen LogP contribution in [0.2, 0.25) is 5.32 Å². The van der Waals surface area contributed by atoms with Gasteiger partial charge in [-0.2, -0.15) is 0 Å². The van der Waals surface area contributed by atoms with Crippen LogP contribution in [0.3, 0.4) is 0 Å². The molecule has 0 nitrogen and oxygen atoms in total. The Morgan fingerprint density at radius 2 is 2.33 bits per heavy atom. The van der Waals surface area contributed by atoms with Gasteiger partial charge in [0.2, 0.25) is 0 Å². The maximum absolute atomic E-state index is 2.26. The zero-order valence-corrected chi connectivity index (χ0v) is 8.24. The summed E-state index contributed by atoms with van der Waals surface area (Å²) in [6.45, 7) is 2.26. The first-order valence-corrected chi connectivity index (χ1v) is 9.57. The molecule has 0 spiro atoms. The zero-order valence-electron chi connectivity index (χ0n) is 4.53. The molecule has 0 unspecified atom stereocenters. The molecule has 0 aromatic heterocycles. The van der Waals surface area contributed by atoms with E-state index in [2.05, 4.69) is 6.92 Å². The van der Waals surface area contributed by atoms with Gasteiger partial charge in [-0.3, -0.25) is 0 Å². The van der Waals surface area contributed by atoms with Crippen LogP contribution in [0.1, 0.15) is 19.8 Å². The molecule has 0 rings (SSSR count). The van der Waals surface area contributed by atoms with Crippen LogP contribution in [0.25, 0.3) is 0 Å². The van der Waals surface area contributed by atoms with E-state index in [-0.39, 0.29) is 0 Å². The molecule has 0 saturated heterocycles. The SMILES string of the molecule is CCCC[Se][Na]. The molecule has 0 N–H and O–H groups in total. The van der Waals surface area contributed by atoms with E-state index in [1.54, 1.807) is 0 Å². The predicted molar refractivity (Wildman–Crippen MR) is 31.2 cm³/mol. The molecule has 0 radical (unpaired) electrons. The first kappa shape index (κ1) is 7.52. The van der Waals surface area contributed by atoms with Gasteiger partial charge in [-0.15, -0.1) is 0 Å². The molecule has 0 fully saturated rings. The molecule has 0 aromatic carbocycles. The van der Waals surface area contributed by atoms with Gasteiger partial charge >= 0.3 is 61.0 Å². The van der Waals surface area contributed by atoms with Crippen LogP contribution in [0.4, 0.5) is 0 Å². The Morgan fingerprint density at radius 3 is 2.50 bits per heavy atom. The van der Waals surface area contributed by atoms with Gasteiger partial charge in [-0.05, 0) is 0 Å². The summed E-state index contributed by atoms with van der Waals surface area (Å²) in [4.78, 5) is 0. The number of unbranched alkanes of at least 4 members (excludes halogenated alkanes) is 1. The molecular weight excluding hydrogens is 150 g/mol. The van der Waals surface area contributed by atoms with E-state index in [1.807, 2.05) is 0 Å². The van der Waals surface area contributed by atoms with Crippen molar-refractivity contribution in [3.8, 4) is 0 Å². The first-order valence-electron chi connectivity index (χ1n) is 2.40. The minimum absolute atomic E-state index is 1.07. The Labute approximate surface area is 60.5 Å². The number of hydrogen-bond donors (Lipinski definition) is 0. The Balaban J connectivity index is 2.34. The Kier molecular flexibility index (Phi) is 8.17. The number of rotatable bonds is 3. The third-order valence-corrected chi connectivity index (χ3v) is 4.29. The fourth-order valence-electron chi connectivity index (χ4n) is 0.289. The normalized spacial score (nSPS) is 9.17. The summed E-state index contributed by atoms with van der Waals surface area (Å²) in [5, 5.41) is 1.54. The van der Waals surface area contributed by atoms with Crippen LogP contribution in [-0.4, -0.2) is 35.9 Å². The summed E-state index contributed by atoms with van der Waals surface area (Å²) in [7, 11) is 1.07. The molecular formula is C4H9NaSe. The van der Waals surface area contributed by atoms with E-state index in [1.165, 1.54) is 43.5 Å². The summed E-state index contributed by atoms with van der Waals surface area (Å²) < 4.78 is 0. The van der Waals surface area contributed by atoms with Gasteiger partial charge in [0.15, 0.2) is 0 Å². The summed E-state index contributed by atoms with van der Waals surface area (Å²) in [6, 6.07) is 0. The topological polar surface area (TPSA) is 0 Å². The van der Waals surface area contributed by atoms with E-state index in [9.17, 15) is 0 Å². The average Bonchev–Trinajstić information content (AvgIpc) is 1.61. The second-order valence-electron chi connectivity index (χ2n) is 1.35. The Hall–Kier alpha value is 1.52. The van der Waals surface area contributed by atoms with E-state index >= 15 is 0 Å². The van der Waals surface area contributed by atoms with Crippen LogP contribution in [0, 0.1) is 0 Å². The van der Waals surface area contributed by atoms with Crippen molar-refractivity contribution in [2.24, 2.45) is 0 Å².